The summed E-state index contributed by atoms with van der Waals surface area (Å²) in [4.78, 5) is 12.1. The molecule has 1 aromatic carbocycles. The summed E-state index contributed by atoms with van der Waals surface area (Å²) in [6.07, 6.45) is 6.15. The molecule has 0 aliphatic rings. The van der Waals surface area contributed by atoms with Gasteiger partial charge in [-0.25, -0.2) is 0 Å². The molecule has 0 aliphatic carbocycles. The Bertz CT molecular complexity index is 739. The van der Waals surface area contributed by atoms with Gasteiger partial charge in [0, 0.05) is 12.2 Å². The lowest BCUT2D eigenvalue weighted by Crippen LogP contribution is -2.03. The monoisotopic (exact) mass is 336 g/mol. The van der Waals surface area contributed by atoms with Crippen molar-refractivity contribution in [3.05, 3.63) is 47.8 Å². The predicted octanol–water partition coefficient (Wildman–Crippen LogP) is 3.97. The second-order valence-electron chi connectivity index (χ2n) is 5.29. The fraction of sp³-hybridized carbons (Fsp3) is 0.294. The first kappa shape index (κ1) is 17.7. The molecule has 0 fully saturated rings. The van der Waals surface area contributed by atoms with Crippen molar-refractivity contribution in [3.8, 4) is 11.5 Å². The Morgan fingerprint density at radius 2 is 2.04 bits per heavy atom. The van der Waals surface area contributed by atoms with E-state index in [0.717, 1.165) is 0 Å². The summed E-state index contributed by atoms with van der Waals surface area (Å²) in [6.45, 7) is 0.998. The topological polar surface area (TPSA) is 53.3 Å². The van der Waals surface area contributed by atoms with Crippen molar-refractivity contribution in [2.24, 2.45) is 0 Å². The zero-order valence-electron chi connectivity index (χ0n) is 13.6. The summed E-state index contributed by atoms with van der Waals surface area (Å²) in [5, 5.41) is 4.11. The molecular weight excluding hydrogens is 318 g/mol. The van der Waals surface area contributed by atoms with E-state index in [-0.39, 0.29) is 23.3 Å². The summed E-state index contributed by atoms with van der Waals surface area (Å²) in [5.74, 6) is -0.0968. The van der Waals surface area contributed by atoms with Gasteiger partial charge in [-0.05, 0) is 37.6 Å². The van der Waals surface area contributed by atoms with E-state index < -0.39 is 6.61 Å². The van der Waals surface area contributed by atoms with Crippen LogP contribution in [-0.2, 0) is 0 Å². The van der Waals surface area contributed by atoms with E-state index in [9.17, 15) is 13.6 Å². The first-order valence-electron chi connectivity index (χ1n) is 7.30. The highest BCUT2D eigenvalue weighted by Crippen LogP contribution is 2.29. The van der Waals surface area contributed by atoms with Gasteiger partial charge in [-0.2, -0.15) is 13.9 Å². The quantitative estimate of drug-likeness (QED) is 0.567. The van der Waals surface area contributed by atoms with E-state index in [0.29, 0.717) is 11.1 Å². The SMILES string of the molecule is COc1cc(/C=C\C(=O)c2cnn(C(C)C)c2)ccc1OC(F)F. The molecule has 0 N–H and O–H groups in total. The van der Waals surface area contributed by atoms with Crippen LogP contribution in [0.3, 0.4) is 0 Å². The number of aromatic nitrogens is 2. The number of ether oxygens (including phenoxy) is 2. The lowest BCUT2D eigenvalue weighted by atomic mass is 10.1. The van der Waals surface area contributed by atoms with Crippen molar-refractivity contribution < 1.29 is 23.0 Å². The molecule has 0 spiro atoms. The van der Waals surface area contributed by atoms with E-state index in [1.165, 1.54) is 31.5 Å². The maximum atomic E-state index is 12.3. The Hall–Kier alpha value is -2.70. The molecule has 2 rings (SSSR count). The number of ketones is 1. The van der Waals surface area contributed by atoms with Crippen LogP contribution in [-0.4, -0.2) is 29.3 Å². The number of allylic oxidation sites excluding steroid dienone is 1. The molecule has 0 saturated heterocycles. The zero-order chi connectivity index (χ0) is 17.7. The number of rotatable bonds is 7. The number of nitrogens with zero attached hydrogens (tertiary/aromatic N) is 2. The smallest absolute Gasteiger partial charge is 0.387 e. The van der Waals surface area contributed by atoms with Gasteiger partial charge in [-0.15, -0.1) is 0 Å². The normalized spacial score (nSPS) is 11.5. The van der Waals surface area contributed by atoms with E-state index in [2.05, 4.69) is 9.84 Å². The molecule has 5 nitrogen and oxygen atoms in total. The lowest BCUT2D eigenvalue weighted by molar-refractivity contribution is -0.0512. The molecule has 0 unspecified atom stereocenters. The predicted molar refractivity (Wildman–Crippen MR) is 85.6 cm³/mol. The first-order chi connectivity index (χ1) is 11.4. The van der Waals surface area contributed by atoms with E-state index in [1.54, 1.807) is 23.0 Å². The minimum absolute atomic E-state index is 0.0609. The maximum absolute atomic E-state index is 12.3. The van der Waals surface area contributed by atoms with Crippen LogP contribution in [0.1, 0.15) is 35.8 Å². The third-order valence-electron chi connectivity index (χ3n) is 3.25. The van der Waals surface area contributed by atoms with E-state index >= 15 is 0 Å². The fourth-order valence-electron chi connectivity index (χ4n) is 2.00. The zero-order valence-corrected chi connectivity index (χ0v) is 13.6. The fourth-order valence-corrected chi connectivity index (χ4v) is 2.00. The van der Waals surface area contributed by atoms with Gasteiger partial charge in [0.15, 0.2) is 17.3 Å². The van der Waals surface area contributed by atoms with Crippen molar-refractivity contribution in [3.63, 3.8) is 0 Å². The van der Waals surface area contributed by atoms with Crippen molar-refractivity contribution in [2.75, 3.05) is 7.11 Å². The standard InChI is InChI=1S/C17H18F2N2O3/c1-11(2)21-10-13(9-20-21)14(22)6-4-12-5-7-15(24-17(18)19)16(8-12)23-3/h4-11,17H,1-3H3/b6-4-. The maximum Gasteiger partial charge on any atom is 0.387 e. The van der Waals surface area contributed by atoms with Gasteiger partial charge < -0.3 is 9.47 Å². The summed E-state index contributed by atoms with van der Waals surface area (Å²) >= 11 is 0. The molecule has 0 aliphatic heterocycles. The minimum Gasteiger partial charge on any atom is -0.493 e. The van der Waals surface area contributed by atoms with Crippen LogP contribution in [0.5, 0.6) is 11.5 Å². The van der Waals surface area contributed by atoms with Crippen LogP contribution in [0.2, 0.25) is 0 Å². The molecule has 7 heteroatoms. The largest absolute Gasteiger partial charge is 0.493 e. The van der Waals surface area contributed by atoms with Gasteiger partial charge in [0.1, 0.15) is 0 Å². The van der Waals surface area contributed by atoms with Crippen LogP contribution in [0.4, 0.5) is 8.78 Å². The molecule has 24 heavy (non-hydrogen) atoms. The molecule has 0 radical (unpaired) electrons. The minimum atomic E-state index is -2.93. The van der Waals surface area contributed by atoms with Crippen LogP contribution in [0.25, 0.3) is 6.08 Å². The summed E-state index contributed by atoms with van der Waals surface area (Å²) < 4.78 is 35.7. The second-order valence-corrected chi connectivity index (χ2v) is 5.29. The number of alkyl halides is 2. The lowest BCUT2D eigenvalue weighted by Gasteiger charge is -2.10. The van der Waals surface area contributed by atoms with Crippen LogP contribution in [0.15, 0.2) is 36.7 Å². The highest BCUT2D eigenvalue weighted by molar-refractivity contribution is 6.06. The number of halogens is 2. The van der Waals surface area contributed by atoms with E-state index in [4.69, 9.17) is 4.74 Å². The number of carbonyl (C=O) groups excluding carboxylic acids is 1. The first-order valence-corrected chi connectivity index (χ1v) is 7.30. The Labute approximate surface area is 138 Å². The Kier molecular flexibility index (Phi) is 5.68. The molecule has 0 amide bonds. The van der Waals surface area contributed by atoms with Crippen molar-refractivity contribution in [1.29, 1.82) is 0 Å². The highest BCUT2D eigenvalue weighted by Gasteiger charge is 2.11. The average Bonchev–Trinajstić information content (AvgIpc) is 3.03. The molecule has 0 atom stereocenters. The van der Waals surface area contributed by atoms with Gasteiger partial charge in [0.2, 0.25) is 0 Å². The number of carbonyl (C=O) groups is 1. The summed E-state index contributed by atoms with van der Waals surface area (Å²) in [6, 6.07) is 4.61. The van der Waals surface area contributed by atoms with Crippen LogP contribution in [0, 0.1) is 0 Å². The Balaban J connectivity index is 2.14. The molecule has 128 valence electrons. The molecule has 0 saturated carbocycles. The van der Waals surface area contributed by atoms with Crippen molar-refractivity contribution >= 4 is 11.9 Å². The number of hydrogen-bond acceptors (Lipinski definition) is 4. The van der Waals surface area contributed by atoms with E-state index in [1.807, 2.05) is 13.8 Å². The Morgan fingerprint density at radius 3 is 2.62 bits per heavy atom. The Morgan fingerprint density at radius 1 is 1.29 bits per heavy atom. The summed E-state index contributed by atoms with van der Waals surface area (Å²) in [5.41, 5.74) is 1.10. The third kappa shape index (κ3) is 4.41. The second kappa shape index (κ2) is 7.72. The van der Waals surface area contributed by atoms with Crippen LogP contribution < -0.4 is 9.47 Å². The molecule has 2 aromatic rings. The number of benzene rings is 1. The highest BCUT2D eigenvalue weighted by atomic mass is 19.3. The van der Waals surface area contributed by atoms with Gasteiger partial charge in [0.05, 0.1) is 18.9 Å². The van der Waals surface area contributed by atoms with Crippen molar-refractivity contribution in [2.45, 2.75) is 26.5 Å². The molecular formula is C17H18F2N2O3. The average molecular weight is 336 g/mol. The molecule has 1 aromatic heterocycles. The summed E-state index contributed by atoms with van der Waals surface area (Å²) in [7, 11) is 1.35. The van der Waals surface area contributed by atoms with Crippen molar-refractivity contribution in [1.82, 2.24) is 9.78 Å². The van der Waals surface area contributed by atoms with Gasteiger partial charge in [0.25, 0.3) is 0 Å². The third-order valence-corrected chi connectivity index (χ3v) is 3.25. The number of hydrogen-bond donors (Lipinski definition) is 0. The van der Waals surface area contributed by atoms with Crippen LogP contribution >= 0.6 is 0 Å². The molecule has 0 bridgehead atoms. The van der Waals surface area contributed by atoms with Gasteiger partial charge in [-0.3, -0.25) is 9.48 Å². The van der Waals surface area contributed by atoms with Gasteiger partial charge in [-0.1, -0.05) is 12.1 Å². The molecule has 1 heterocycles. The number of methoxy groups -OCH3 is 1. The van der Waals surface area contributed by atoms with Gasteiger partial charge >= 0.3 is 6.61 Å².